The number of aliphatic carboxylic acids is 4. The third kappa shape index (κ3) is 24.3. The van der Waals surface area contributed by atoms with Gasteiger partial charge in [-0.2, -0.15) is 0 Å². The summed E-state index contributed by atoms with van der Waals surface area (Å²) in [5.41, 5.74) is 8.89. The quantitative estimate of drug-likeness (QED) is 0.0847. The van der Waals surface area contributed by atoms with Gasteiger partial charge in [-0.05, 0) is 41.5 Å². The summed E-state index contributed by atoms with van der Waals surface area (Å²) in [5.74, 6) is -4.24. The molecule has 0 aromatic carbocycles. The first-order chi connectivity index (χ1) is 19.1. The summed E-state index contributed by atoms with van der Waals surface area (Å²) < 4.78 is 10.0. The Bertz CT molecular complexity index is 843. The zero-order valence-corrected chi connectivity index (χ0v) is 27.2. The lowest BCUT2D eigenvalue weighted by Crippen LogP contribution is -2.45. The maximum absolute atomic E-state index is 11.7. The van der Waals surface area contributed by atoms with Crippen molar-refractivity contribution < 1.29 is 58.7 Å². The Hall–Kier alpha value is -2.26. The molecule has 0 saturated carbocycles. The van der Waals surface area contributed by atoms with Gasteiger partial charge in [0.2, 0.25) is 0 Å². The Morgan fingerprint density at radius 1 is 0.571 bits per heavy atom. The molecule has 10 N–H and O–H groups in total. The molecule has 0 aliphatic carbocycles. The maximum atomic E-state index is 11.7. The van der Waals surface area contributed by atoms with Crippen molar-refractivity contribution in [3.63, 3.8) is 0 Å². The molecule has 244 valence electrons. The van der Waals surface area contributed by atoms with Crippen molar-refractivity contribution >= 4 is 79.2 Å². The van der Waals surface area contributed by atoms with Crippen LogP contribution in [0.1, 0.15) is 41.5 Å². The number of alkyl carbamates (subject to hydrolysis) is 2. The van der Waals surface area contributed by atoms with Crippen LogP contribution in [0.4, 0.5) is 9.59 Å². The summed E-state index contributed by atoms with van der Waals surface area (Å²) in [6.45, 7) is 9.90. The van der Waals surface area contributed by atoms with E-state index in [9.17, 15) is 39.0 Å². The summed E-state index contributed by atoms with van der Waals surface area (Å²) in [7, 11) is 4.50. The van der Waals surface area contributed by atoms with Crippen molar-refractivity contribution in [1.29, 1.82) is 0 Å². The van der Waals surface area contributed by atoms with Crippen LogP contribution in [0, 0.1) is 0 Å². The Kier molecular flexibility index (Phi) is 20.5. The molecule has 0 heterocycles. The van der Waals surface area contributed by atoms with E-state index in [2.05, 4.69) is 10.6 Å². The zero-order chi connectivity index (χ0) is 33.3. The maximum Gasteiger partial charge on any atom is 0.408 e. The first-order valence-corrected chi connectivity index (χ1v) is 16.9. The normalized spacial score (nSPS) is 14.1. The topological polar surface area (TPSA) is 278 Å². The Balaban J connectivity index is 0. The van der Waals surface area contributed by atoms with Crippen molar-refractivity contribution in [1.82, 2.24) is 10.6 Å². The fourth-order valence-electron chi connectivity index (χ4n) is 1.87. The number of carboxylic acid groups (broad SMARTS) is 4. The number of hydrogen-bond acceptors (Lipinski definition) is 14. The summed E-state index contributed by atoms with van der Waals surface area (Å²) in [6, 6.07) is -4.27. The fourth-order valence-corrected chi connectivity index (χ4v) is 6.40. The van der Waals surface area contributed by atoms with Gasteiger partial charge >= 0.3 is 36.1 Å². The summed E-state index contributed by atoms with van der Waals surface area (Å²) in [5, 5.41) is 39.7. The number of ether oxygens (including phenoxy) is 2. The standard InChI is InChI=1S/C16H28N2O8S2.C6H12N2O4S2/c1-15(2,3)25-13(23)17-9(11(19)20)7-27-28-8-10(12(21)22)18-14(24)26-16(4,5)6;7-3(5(9)10)1-13-14-2-4(8)6(11)12/h9-10H,7-8H2,1-6H3,(H,17,23)(H,18,24)(H,19,20)(H,21,22);3-4H,1-2,7-8H2,(H,9,10)(H,11,12)/t9-,10-;3-,4-/m00/s1. The van der Waals surface area contributed by atoms with Gasteiger partial charge in [0.1, 0.15) is 35.4 Å². The SMILES string of the molecule is CC(C)(C)OC(=O)N[C@@H](CSSC[C@H](NC(=O)OC(C)(C)C)C(=O)O)C(=O)O.N[C@@H](CSSC[C@H](N)C(=O)O)C(=O)O. The van der Waals surface area contributed by atoms with Gasteiger partial charge in [-0.1, -0.05) is 43.2 Å². The smallest absolute Gasteiger partial charge is 0.408 e. The first kappa shape index (κ1) is 41.9. The molecule has 0 unspecified atom stereocenters. The van der Waals surface area contributed by atoms with Gasteiger partial charge in [0.05, 0.1) is 0 Å². The predicted molar refractivity (Wildman–Crippen MR) is 163 cm³/mol. The molecule has 2 amide bonds. The predicted octanol–water partition coefficient (Wildman–Crippen LogP) is 1.52. The van der Waals surface area contributed by atoms with Crippen LogP contribution < -0.4 is 22.1 Å². The Morgan fingerprint density at radius 3 is 1.05 bits per heavy atom. The van der Waals surface area contributed by atoms with Gasteiger partial charge in [0.15, 0.2) is 0 Å². The molecule has 4 atom stereocenters. The molecule has 0 saturated heterocycles. The Morgan fingerprint density at radius 2 is 0.833 bits per heavy atom. The van der Waals surface area contributed by atoms with E-state index in [1.165, 1.54) is 21.6 Å². The van der Waals surface area contributed by atoms with Crippen LogP contribution in [-0.4, -0.2) is 115 Å². The van der Waals surface area contributed by atoms with Gasteiger partial charge in [0.25, 0.3) is 0 Å². The number of nitrogens with two attached hydrogens (primary N) is 2. The number of carbonyl (C=O) groups excluding carboxylic acids is 2. The van der Waals surface area contributed by atoms with Gasteiger partial charge in [0, 0.05) is 23.0 Å². The van der Waals surface area contributed by atoms with Gasteiger partial charge in [-0.3, -0.25) is 9.59 Å². The number of carboxylic acids is 4. The number of hydrogen-bond donors (Lipinski definition) is 8. The second-order valence-corrected chi connectivity index (χ2v) is 15.2. The number of carbonyl (C=O) groups is 6. The summed E-state index contributed by atoms with van der Waals surface area (Å²) in [6.07, 6.45) is -1.72. The van der Waals surface area contributed by atoms with Crippen LogP contribution in [0.5, 0.6) is 0 Å². The highest BCUT2D eigenvalue weighted by Crippen LogP contribution is 2.24. The zero-order valence-electron chi connectivity index (χ0n) is 24.0. The average molecular weight is 681 g/mol. The summed E-state index contributed by atoms with van der Waals surface area (Å²) in [4.78, 5) is 66.4. The molecule has 0 radical (unpaired) electrons. The molecule has 20 heteroatoms. The van der Waals surface area contributed by atoms with Crippen molar-refractivity contribution in [3.8, 4) is 0 Å². The molecule has 16 nitrogen and oxygen atoms in total. The van der Waals surface area contributed by atoms with E-state index in [4.69, 9.17) is 31.2 Å². The minimum Gasteiger partial charge on any atom is -0.480 e. The van der Waals surface area contributed by atoms with Crippen LogP contribution >= 0.6 is 43.2 Å². The van der Waals surface area contributed by atoms with E-state index in [0.29, 0.717) is 0 Å². The van der Waals surface area contributed by atoms with E-state index in [-0.39, 0.29) is 23.0 Å². The first-order valence-electron chi connectivity index (χ1n) is 12.0. The molecule has 0 aromatic rings. The van der Waals surface area contributed by atoms with E-state index in [1.807, 2.05) is 0 Å². The monoisotopic (exact) mass is 680 g/mol. The number of amides is 2. The number of nitrogens with one attached hydrogen (secondary N) is 2. The van der Waals surface area contributed by atoms with Crippen LogP contribution in [0.2, 0.25) is 0 Å². The van der Waals surface area contributed by atoms with Crippen molar-refractivity contribution in [2.75, 3.05) is 23.0 Å². The number of rotatable bonds is 16. The lowest BCUT2D eigenvalue weighted by atomic mass is 10.2. The second-order valence-electron chi connectivity index (χ2n) is 10.1. The fraction of sp³-hybridized carbons (Fsp3) is 0.727. The van der Waals surface area contributed by atoms with Crippen LogP contribution in [-0.2, 0) is 28.7 Å². The second kappa shape index (κ2) is 20.6. The Labute approximate surface area is 259 Å². The molecular formula is C22H40N4O12S4. The van der Waals surface area contributed by atoms with Gasteiger partial charge in [-0.15, -0.1) is 0 Å². The van der Waals surface area contributed by atoms with E-state index in [0.717, 1.165) is 21.6 Å². The third-order valence-corrected chi connectivity index (χ3v) is 8.64. The highest BCUT2D eigenvalue weighted by molar-refractivity contribution is 8.77. The molecule has 0 spiro atoms. The molecule has 0 fully saturated rings. The van der Waals surface area contributed by atoms with Gasteiger partial charge < -0.3 is 52.0 Å². The third-order valence-electron chi connectivity index (χ3n) is 3.74. The largest absolute Gasteiger partial charge is 0.480 e. The van der Waals surface area contributed by atoms with Crippen LogP contribution in [0.3, 0.4) is 0 Å². The lowest BCUT2D eigenvalue weighted by molar-refractivity contribution is -0.139. The van der Waals surface area contributed by atoms with E-state index < -0.39 is 71.4 Å². The minimum absolute atomic E-state index is 0.0297. The minimum atomic E-state index is -1.25. The lowest BCUT2D eigenvalue weighted by Gasteiger charge is -2.22. The van der Waals surface area contributed by atoms with E-state index >= 15 is 0 Å². The molecule has 0 rings (SSSR count). The molecular weight excluding hydrogens is 641 g/mol. The molecule has 0 aliphatic heterocycles. The van der Waals surface area contributed by atoms with Gasteiger partial charge in [-0.25, -0.2) is 19.2 Å². The highest BCUT2D eigenvalue weighted by atomic mass is 33.1. The average Bonchev–Trinajstić information content (AvgIpc) is 2.80. The highest BCUT2D eigenvalue weighted by Gasteiger charge is 2.26. The molecule has 0 aliphatic rings. The summed E-state index contributed by atoms with van der Waals surface area (Å²) >= 11 is 0. The molecule has 0 bridgehead atoms. The van der Waals surface area contributed by atoms with Crippen molar-refractivity contribution in [2.24, 2.45) is 11.5 Å². The van der Waals surface area contributed by atoms with Crippen LogP contribution in [0.15, 0.2) is 0 Å². The van der Waals surface area contributed by atoms with Crippen molar-refractivity contribution in [2.45, 2.75) is 76.9 Å². The van der Waals surface area contributed by atoms with Crippen LogP contribution in [0.25, 0.3) is 0 Å². The molecule has 42 heavy (non-hydrogen) atoms. The molecule has 0 aromatic heterocycles. The van der Waals surface area contributed by atoms with E-state index in [1.54, 1.807) is 41.5 Å². The van der Waals surface area contributed by atoms with Crippen molar-refractivity contribution in [3.05, 3.63) is 0 Å².